The van der Waals surface area contributed by atoms with Crippen molar-refractivity contribution >= 4 is 27.6 Å². The summed E-state index contributed by atoms with van der Waals surface area (Å²) in [4.78, 5) is 0. The Balaban J connectivity index is 0. The van der Waals surface area contributed by atoms with Crippen LogP contribution in [0.1, 0.15) is 69.2 Å². The predicted molar refractivity (Wildman–Crippen MR) is 110 cm³/mol. The van der Waals surface area contributed by atoms with E-state index in [4.69, 9.17) is 0 Å². The molecule has 1 aliphatic rings. The Kier molecular flexibility index (Phi) is 8.74. The Morgan fingerprint density at radius 3 is 1.48 bits per heavy atom. The quantitative estimate of drug-likeness (QED) is 0.253. The molecular formula is C19H37ClCrPSi-. The van der Waals surface area contributed by atoms with E-state index in [9.17, 15) is 0 Å². The van der Waals surface area contributed by atoms with Gasteiger partial charge in [-0.3, -0.25) is 6.08 Å². The van der Waals surface area contributed by atoms with E-state index in [2.05, 4.69) is 88.4 Å². The van der Waals surface area contributed by atoms with Crippen molar-refractivity contribution in [2.75, 3.05) is 0 Å². The molecule has 0 radical (unpaired) electrons. The summed E-state index contributed by atoms with van der Waals surface area (Å²) in [5, 5.41) is 2.39. The maximum absolute atomic E-state index is 3.92. The van der Waals surface area contributed by atoms with Crippen molar-refractivity contribution in [2.45, 2.75) is 92.6 Å². The zero-order valence-corrected chi connectivity index (χ0v) is 21.2. The number of rotatable bonds is 2. The van der Waals surface area contributed by atoms with Gasteiger partial charge in [0, 0.05) is 17.4 Å². The summed E-state index contributed by atoms with van der Waals surface area (Å²) in [5.74, 6) is 0. The summed E-state index contributed by atoms with van der Waals surface area (Å²) in [7, 11) is -1.63. The Morgan fingerprint density at radius 1 is 0.913 bits per heavy atom. The monoisotopic (exact) mass is 411 g/mol. The third-order valence-corrected chi connectivity index (χ3v) is 18.4. The van der Waals surface area contributed by atoms with Gasteiger partial charge in [-0.15, -0.1) is 26.8 Å². The molecule has 0 aromatic rings. The molecule has 0 nitrogen and oxygen atoms in total. The molecule has 0 heterocycles. The second-order valence-electron chi connectivity index (χ2n) is 9.61. The summed E-state index contributed by atoms with van der Waals surface area (Å²) in [5.41, 5.74) is 3.19. The molecule has 136 valence electrons. The van der Waals surface area contributed by atoms with E-state index in [1.165, 1.54) is 11.1 Å². The maximum Gasteiger partial charge on any atom is 0.0717 e. The molecule has 0 aromatic carbocycles. The van der Waals surface area contributed by atoms with E-state index in [1.54, 1.807) is 5.20 Å². The molecule has 23 heavy (non-hydrogen) atoms. The summed E-state index contributed by atoms with van der Waals surface area (Å²) in [6.07, 6.45) is 3.92. The molecule has 0 spiro atoms. The van der Waals surface area contributed by atoms with Crippen LogP contribution in [0.15, 0.2) is 16.3 Å². The number of halogens is 1. The minimum absolute atomic E-state index is 0. The minimum atomic E-state index is -1.55. The van der Waals surface area contributed by atoms with E-state index < -0.39 is 7.74 Å². The molecule has 0 saturated carbocycles. The van der Waals surface area contributed by atoms with Crippen molar-refractivity contribution in [2.24, 2.45) is 5.41 Å². The van der Waals surface area contributed by atoms with Crippen LogP contribution < -0.4 is 0 Å². The van der Waals surface area contributed by atoms with Gasteiger partial charge < -0.3 is 0 Å². The van der Waals surface area contributed by atoms with Crippen LogP contribution in [0.4, 0.5) is 0 Å². The smallest absolute Gasteiger partial charge is 0.0717 e. The first-order chi connectivity index (χ1) is 9.03. The zero-order valence-electron chi connectivity index (χ0n) is 17.3. The molecule has 0 unspecified atom stereocenters. The normalized spacial score (nSPS) is 18.6. The molecule has 0 saturated heterocycles. The number of allylic oxidation sites excluding steroid dienone is 4. The molecule has 0 atom stereocenters. The van der Waals surface area contributed by atoms with Crippen molar-refractivity contribution < 1.29 is 17.4 Å². The SMILES string of the molecule is CC1=C(C)C(C)(C)[C-]=C1[Si](C)(C)P(C(C)(C)C)C(C)(C)C.Cl.[Cr]. The molecule has 4 heteroatoms. The molecule has 0 fully saturated rings. The fourth-order valence-electron chi connectivity index (χ4n) is 4.56. The van der Waals surface area contributed by atoms with Gasteiger partial charge in [-0.1, -0.05) is 80.8 Å². The summed E-state index contributed by atoms with van der Waals surface area (Å²) in [6, 6.07) is 0. The van der Waals surface area contributed by atoms with E-state index in [-0.39, 0.29) is 42.7 Å². The third-order valence-electron chi connectivity index (χ3n) is 4.82. The first kappa shape index (κ1) is 26.2. The predicted octanol–water partition coefficient (Wildman–Crippen LogP) is 7.33. The van der Waals surface area contributed by atoms with Crippen molar-refractivity contribution in [1.29, 1.82) is 0 Å². The Bertz CT molecular complexity index is 476. The molecule has 0 aromatic heterocycles. The second kappa shape index (κ2) is 7.68. The van der Waals surface area contributed by atoms with Gasteiger partial charge in [0.25, 0.3) is 0 Å². The van der Waals surface area contributed by atoms with Gasteiger partial charge in [0.2, 0.25) is 0 Å². The first-order valence-corrected chi connectivity index (χ1v) is 13.4. The van der Waals surface area contributed by atoms with Crippen LogP contribution in [-0.4, -0.2) is 18.1 Å². The topological polar surface area (TPSA) is 0 Å². The third kappa shape index (κ3) is 5.21. The molecule has 1 rings (SSSR count). The Morgan fingerprint density at radius 2 is 1.26 bits per heavy atom. The fraction of sp³-hybridized carbons (Fsp3) is 0.789. The molecular weight excluding hydrogens is 375 g/mol. The first-order valence-electron chi connectivity index (χ1n) is 8.17. The van der Waals surface area contributed by atoms with Crippen LogP contribution in [0.5, 0.6) is 0 Å². The van der Waals surface area contributed by atoms with Crippen molar-refractivity contribution in [1.82, 2.24) is 0 Å². The zero-order chi connectivity index (χ0) is 17.0. The van der Waals surface area contributed by atoms with Crippen LogP contribution in [0.25, 0.3) is 0 Å². The molecule has 1 aliphatic carbocycles. The average Bonchev–Trinajstić information content (AvgIpc) is 2.37. The van der Waals surface area contributed by atoms with Crippen LogP contribution in [0, 0.1) is 11.5 Å². The van der Waals surface area contributed by atoms with Gasteiger partial charge >= 0.3 is 0 Å². The Hall–Kier alpha value is 0.949. The average molecular weight is 412 g/mol. The van der Waals surface area contributed by atoms with Gasteiger partial charge in [-0.05, 0) is 10.3 Å². The number of hydrogen-bond donors (Lipinski definition) is 0. The van der Waals surface area contributed by atoms with E-state index >= 15 is 0 Å². The molecule has 0 amide bonds. The summed E-state index contributed by atoms with van der Waals surface area (Å²) >= 11 is 0. The van der Waals surface area contributed by atoms with Crippen molar-refractivity contribution in [3.05, 3.63) is 22.4 Å². The van der Waals surface area contributed by atoms with Gasteiger partial charge in [-0.2, -0.15) is 5.57 Å². The second-order valence-corrected chi connectivity index (χ2v) is 21.3. The van der Waals surface area contributed by atoms with Gasteiger partial charge in [0.15, 0.2) is 0 Å². The maximum atomic E-state index is 3.92. The minimum Gasteiger partial charge on any atom is -0.267 e. The van der Waals surface area contributed by atoms with Crippen molar-refractivity contribution in [3.63, 3.8) is 0 Å². The van der Waals surface area contributed by atoms with Crippen LogP contribution >= 0.6 is 19.9 Å². The Labute approximate surface area is 165 Å². The van der Waals surface area contributed by atoms with E-state index in [1.807, 2.05) is 0 Å². The van der Waals surface area contributed by atoms with Crippen LogP contribution in [-0.2, 0) is 17.4 Å². The van der Waals surface area contributed by atoms with Crippen LogP contribution in [0.2, 0.25) is 13.1 Å². The number of hydrogen-bond acceptors (Lipinski definition) is 0. The van der Waals surface area contributed by atoms with Crippen molar-refractivity contribution in [3.8, 4) is 0 Å². The summed E-state index contributed by atoms with van der Waals surface area (Å²) < 4.78 is 0. The molecule has 0 bridgehead atoms. The standard InChI is InChI=1S/C19H36PSi.ClH.Cr/c1-14-15(2)19(9,10)13-16(14)21(11,12)20(17(3,4)5)18(6,7)8;;/h1-12H3;1H;/q-1;;. The molecule has 0 N–H and O–H groups in total. The summed E-state index contributed by atoms with van der Waals surface area (Å²) in [6.45, 7) is 29.2. The molecule has 0 aliphatic heterocycles. The fourth-order valence-corrected chi connectivity index (χ4v) is 23.3. The van der Waals surface area contributed by atoms with Gasteiger partial charge in [0.1, 0.15) is 0 Å². The van der Waals surface area contributed by atoms with E-state index in [0.29, 0.717) is 10.3 Å². The van der Waals surface area contributed by atoms with E-state index in [0.717, 1.165) is 0 Å². The van der Waals surface area contributed by atoms with Gasteiger partial charge in [0.05, 0.1) is 7.74 Å². The van der Waals surface area contributed by atoms with Gasteiger partial charge in [-0.25, -0.2) is 10.8 Å². The largest absolute Gasteiger partial charge is 0.267 e. The van der Waals surface area contributed by atoms with Crippen LogP contribution in [0.3, 0.4) is 0 Å².